The van der Waals surface area contributed by atoms with Crippen molar-refractivity contribution >= 4 is 23.2 Å². The third kappa shape index (κ3) is 2.27. The predicted molar refractivity (Wildman–Crippen MR) is 97.9 cm³/mol. The molecule has 0 aromatic rings. The van der Waals surface area contributed by atoms with E-state index < -0.39 is 34.7 Å². The molecule has 0 amide bonds. The van der Waals surface area contributed by atoms with Crippen molar-refractivity contribution < 1.29 is 23.5 Å². The van der Waals surface area contributed by atoms with Crippen LogP contribution in [0.5, 0.6) is 0 Å². The molecule has 4 aliphatic rings. The van der Waals surface area contributed by atoms with Gasteiger partial charge in [0.25, 0.3) is 0 Å². The number of hydrogen-bond acceptors (Lipinski definition) is 3. The van der Waals surface area contributed by atoms with Gasteiger partial charge in [0.05, 0.1) is 12.0 Å². The normalized spacial score (nSPS) is 51.3. The fourth-order valence-electron chi connectivity index (χ4n) is 6.82. The highest BCUT2D eigenvalue weighted by Crippen LogP contribution is 2.69. The van der Waals surface area contributed by atoms with E-state index >= 15 is 8.78 Å². The number of Topliss-reactive ketones (excluding diaryl/α,β-unsaturated/α-hetero) is 1. The smallest absolute Gasteiger partial charge is 0.178 e. The van der Waals surface area contributed by atoms with Crippen molar-refractivity contribution in [2.24, 2.45) is 28.6 Å². The van der Waals surface area contributed by atoms with E-state index in [-0.39, 0.29) is 47.7 Å². The molecule has 8 unspecified atom stereocenters. The third-order valence-corrected chi connectivity index (χ3v) is 8.41. The lowest BCUT2D eigenvalue weighted by atomic mass is 9.45. The van der Waals surface area contributed by atoms with Gasteiger partial charge in [-0.2, -0.15) is 0 Å². The maximum atomic E-state index is 16.7. The first kappa shape index (κ1) is 19.3. The first-order valence-electron chi connectivity index (χ1n) is 9.64. The van der Waals surface area contributed by atoms with Crippen LogP contribution in [-0.4, -0.2) is 40.5 Å². The standard InChI is InChI=1S/C21H25ClF2O3/c1-19-9-18(27)21(24)14(12(19)3-4-13(19)17(26)10-22)8-16(23)15-7-11(25)5-6-20(15,21)2/h5-7,12-14,16,18,27H,3-4,8-10H2,1-2H3. The van der Waals surface area contributed by atoms with Gasteiger partial charge in [0.2, 0.25) is 0 Å². The molecule has 1 N–H and O–H groups in total. The number of alkyl halides is 3. The highest BCUT2D eigenvalue weighted by atomic mass is 35.5. The summed E-state index contributed by atoms with van der Waals surface area (Å²) in [5, 5.41) is 11.0. The first-order chi connectivity index (χ1) is 12.6. The SMILES string of the molecule is CC12CC(O)C3(F)C(CC(F)C4=CC(=O)C=CC43C)C1CCC2C(=O)CCl. The Kier molecular flexibility index (Phi) is 4.25. The summed E-state index contributed by atoms with van der Waals surface area (Å²) in [6, 6.07) is 0. The molecule has 0 aliphatic heterocycles. The van der Waals surface area contributed by atoms with Crippen molar-refractivity contribution in [1.82, 2.24) is 0 Å². The second-order valence-corrected chi connectivity index (χ2v) is 9.44. The zero-order valence-electron chi connectivity index (χ0n) is 15.6. The van der Waals surface area contributed by atoms with Crippen molar-refractivity contribution in [3.63, 3.8) is 0 Å². The van der Waals surface area contributed by atoms with Gasteiger partial charge in [-0.05, 0) is 61.7 Å². The molecule has 0 bridgehead atoms. The number of allylic oxidation sites excluding steroid dienone is 4. The number of fused-ring (bicyclic) bond motifs is 5. The van der Waals surface area contributed by atoms with Gasteiger partial charge >= 0.3 is 0 Å². The highest BCUT2D eigenvalue weighted by Gasteiger charge is 2.72. The Labute approximate surface area is 162 Å². The summed E-state index contributed by atoms with van der Waals surface area (Å²) in [7, 11) is 0. The Bertz CT molecular complexity index is 765. The fourth-order valence-corrected chi connectivity index (χ4v) is 7.01. The average molecular weight is 399 g/mol. The van der Waals surface area contributed by atoms with Crippen molar-refractivity contribution in [3.05, 3.63) is 23.8 Å². The van der Waals surface area contributed by atoms with Gasteiger partial charge in [-0.1, -0.05) is 13.0 Å². The second kappa shape index (κ2) is 5.96. The molecule has 4 rings (SSSR count). The van der Waals surface area contributed by atoms with E-state index in [1.165, 1.54) is 18.2 Å². The highest BCUT2D eigenvalue weighted by molar-refractivity contribution is 6.28. The molecule has 3 nitrogen and oxygen atoms in total. The molecule has 0 heterocycles. The number of aliphatic hydroxyl groups is 1. The quantitative estimate of drug-likeness (QED) is 0.721. The van der Waals surface area contributed by atoms with E-state index in [1.807, 2.05) is 6.92 Å². The van der Waals surface area contributed by atoms with Crippen LogP contribution in [-0.2, 0) is 9.59 Å². The minimum Gasteiger partial charge on any atom is -0.390 e. The Balaban J connectivity index is 1.81. The summed E-state index contributed by atoms with van der Waals surface area (Å²) in [4.78, 5) is 24.1. The van der Waals surface area contributed by atoms with E-state index in [4.69, 9.17) is 11.6 Å². The summed E-state index contributed by atoms with van der Waals surface area (Å²) in [6.45, 7) is 3.51. The van der Waals surface area contributed by atoms with Crippen LogP contribution in [0.4, 0.5) is 8.78 Å². The van der Waals surface area contributed by atoms with Gasteiger partial charge in [-0.25, -0.2) is 8.78 Å². The molecule has 6 heteroatoms. The summed E-state index contributed by atoms with van der Waals surface area (Å²) in [5.41, 5.74) is -3.89. The van der Waals surface area contributed by atoms with Crippen LogP contribution in [0.2, 0.25) is 0 Å². The molecule has 3 saturated carbocycles. The number of halogens is 3. The monoisotopic (exact) mass is 398 g/mol. The number of carbonyl (C=O) groups is 2. The van der Waals surface area contributed by atoms with Gasteiger partial charge in [-0.15, -0.1) is 11.6 Å². The predicted octanol–water partition coefficient (Wildman–Crippen LogP) is 3.73. The molecule has 0 saturated heterocycles. The molecule has 27 heavy (non-hydrogen) atoms. The van der Waals surface area contributed by atoms with Crippen LogP contribution >= 0.6 is 11.6 Å². The first-order valence-corrected chi connectivity index (χ1v) is 10.2. The van der Waals surface area contributed by atoms with E-state index in [9.17, 15) is 14.7 Å². The zero-order valence-corrected chi connectivity index (χ0v) is 16.3. The Hall–Kier alpha value is -1.07. The van der Waals surface area contributed by atoms with Gasteiger partial charge in [0.1, 0.15) is 6.17 Å². The van der Waals surface area contributed by atoms with E-state index in [0.29, 0.717) is 12.8 Å². The minimum atomic E-state index is -2.07. The lowest BCUT2D eigenvalue weighted by molar-refractivity contribution is -0.201. The Morgan fingerprint density at radius 1 is 1.33 bits per heavy atom. The molecule has 148 valence electrons. The molecule has 4 aliphatic carbocycles. The van der Waals surface area contributed by atoms with Crippen LogP contribution in [0.25, 0.3) is 0 Å². The summed E-state index contributed by atoms with van der Waals surface area (Å²) >= 11 is 5.78. The largest absolute Gasteiger partial charge is 0.390 e. The molecule has 0 aromatic carbocycles. The van der Waals surface area contributed by atoms with Crippen LogP contribution in [0.3, 0.4) is 0 Å². The van der Waals surface area contributed by atoms with Crippen molar-refractivity contribution in [2.75, 3.05) is 5.88 Å². The number of ketones is 2. The van der Waals surface area contributed by atoms with Crippen molar-refractivity contribution in [1.29, 1.82) is 0 Å². The summed E-state index contributed by atoms with van der Waals surface area (Å²) in [5.74, 6) is -1.78. The molecular weight excluding hydrogens is 374 g/mol. The average Bonchev–Trinajstić information content (AvgIpc) is 2.95. The Morgan fingerprint density at radius 2 is 2.04 bits per heavy atom. The maximum absolute atomic E-state index is 16.7. The van der Waals surface area contributed by atoms with Crippen LogP contribution in [0.15, 0.2) is 23.8 Å². The van der Waals surface area contributed by atoms with Crippen molar-refractivity contribution in [2.45, 2.75) is 57.5 Å². The summed E-state index contributed by atoms with van der Waals surface area (Å²) in [6.07, 6.45) is 2.41. The van der Waals surface area contributed by atoms with E-state index in [2.05, 4.69) is 0 Å². The van der Waals surface area contributed by atoms with Gasteiger partial charge < -0.3 is 5.11 Å². The lowest BCUT2D eigenvalue weighted by Gasteiger charge is -2.62. The van der Waals surface area contributed by atoms with Crippen molar-refractivity contribution in [3.8, 4) is 0 Å². The molecule has 0 aromatic heterocycles. The number of carbonyl (C=O) groups excluding carboxylic acids is 2. The van der Waals surface area contributed by atoms with E-state index in [0.717, 1.165) is 0 Å². The minimum absolute atomic E-state index is 0.0713. The summed E-state index contributed by atoms with van der Waals surface area (Å²) < 4.78 is 31.8. The molecule has 3 fully saturated rings. The number of aliphatic hydroxyl groups excluding tert-OH is 1. The van der Waals surface area contributed by atoms with Gasteiger partial charge in [-0.3, -0.25) is 9.59 Å². The zero-order chi connectivity index (χ0) is 19.8. The Morgan fingerprint density at radius 3 is 2.70 bits per heavy atom. The number of rotatable bonds is 2. The molecular formula is C21H25ClF2O3. The number of hydrogen-bond donors (Lipinski definition) is 1. The molecule has 0 radical (unpaired) electrons. The maximum Gasteiger partial charge on any atom is 0.178 e. The molecule has 8 atom stereocenters. The third-order valence-electron chi connectivity index (χ3n) is 8.15. The fraction of sp³-hybridized carbons (Fsp3) is 0.714. The van der Waals surface area contributed by atoms with Crippen LogP contribution in [0.1, 0.15) is 39.5 Å². The van der Waals surface area contributed by atoms with Gasteiger partial charge in [0, 0.05) is 17.3 Å². The lowest BCUT2D eigenvalue weighted by Crippen LogP contribution is -2.68. The molecule has 0 spiro atoms. The van der Waals surface area contributed by atoms with E-state index in [1.54, 1.807) is 6.92 Å². The van der Waals surface area contributed by atoms with Crippen LogP contribution in [0, 0.1) is 28.6 Å². The topological polar surface area (TPSA) is 54.4 Å². The van der Waals surface area contributed by atoms with Crippen LogP contribution < -0.4 is 0 Å². The van der Waals surface area contributed by atoms with Gasteiger partial charge in [0.15, 0.2) is 17.2 Å². The second-order valence-electron chi connectivity index (χ2n) is 9.18.